The maximum atomic E-state index is 12.3. The van der Waals surface area contributed by atoms with Crippen LogP contribution in [0, 0.1) is 5.41 Å². The van der Waals surface area contributed by atoms with Crippen LogP contribution in [0.25, 0.3) is 0 Å². The van der Waals surface area contributed by atoms with Crippen molar-refractivity contribution < 1.29 is 13.2 Å². The van der Waals surface area contributed by atoms with Gasteiger partial charge in [0.15, 0.2) is 0 Å². The second-order valence-corrected chi connectivity index (χ2v) is 4.69. The number of pyridine rings is 1. The number of nitrogen functional groups attached to an aromatic ring is 1. The van der Waals surface area contributed by atoms with Crippen LogP contribution in [0.15, 0.2) is 18.3 Å². The van der Waals surface area contributed by atoms with E-state index in [1.54, 1.807) is 18.3 Å². The van der Waals surface area contributed by atoms with Gasteiger partial charge in [0.25, 0.3) is 0 Å². The summed E-state index contributed by atoms with van der Waals surface area (Å²) in [5.41, 5.74) is 5.97. The van der Waals surface area contributed by atoms with Crippen LogP contribution in [0.3, 0.4) is 0 Å². The Morgan fingerprint density at radius 1 is 1.30 bits per heavy atom. The van der Waals surface area contributed by atoms with Gasteiger partial charge in [0.2, 0.25) is 0 Å². The third kappa shape index (κ3) is 3.83. The van der Waals surface area contributed by atoms with Crippen LogP contribution >= 0.6 is 0 Å². The van der Waals surface area contributed by atoms with E-state index in [4.69, 9.17) is 11.1 Å². The lowest BCUT2D eigenvalue weighted by molar-refractivity contribution is -0.146. The molecule has 0 spiro atoms. The van der Waals surface area contributed by atoms with Crippen LogP contribution in [0.1, 0.15) is 5.56 Å². The molecule has 110 valence electrons. The number of nitrogens with one attached hydrogen (secondary N) is 1. The highest BCUT2D eigenvalue weighted by atomic mass is 19.4. The summed E-state index contributed by atoms with van der Waals surface area (Å²) in [6.07, 6.45) is -2.61. The molecular formula is C12H16F3N5. The van der Waals surface area contributed by atoms with Gasteiger partial charge in [-0.15, -0.1) is 0 Å². The van der Waals surface area contributed by atoms with Crippen molar-refractivity contribution in [3.05, 3.63) is 23.9 Å². The molecule has 2 rings (SSSR count). The standard InChI is InChI=1S/C12H16F3N5/c13-12(14,15)8-19-3-5-20(6-4-19)10-7-9(11(16)17)1-2-18-10/h1-2,7H,3-6,8H2,(H3,16,17). The molecule has 8 heteroatoms. The van der Waals surface area contributed by atoms with Gasteiger partial charge < -0.3 is 10.6 Å². The Kier molecular flexibility index (Phi) is 4.12. The summed E-state index contributed by atoms with van der Waals surface area (Å²) in [4.78, 5) is 7.46. The smallest absolute Gasteiger partial charge is 0.384 e. The van der Waals surface area contributed by atoms with Crippen LogP contribution in [-0.4, -0.2) is 54.6 Å². The third-order valence-electron chi connectivity index (χ3n) is 3.16. The number of alkyl halides is 3. The maximum Gasteiger partial charge on any atom is 0.401 e. The number of amidine groups is 1. The van der Waals surface area contributed by atoms with Crippen LogP contribution in [-0.2, 0) is 0 Å². The molecule has 3 N–H and O–H groups in total. The fourth-order valence-electron chi connectivity index (χ4n) is 2.15. The number of piperazine rings is 1. The second-order valence-electron chi connectivity index (χ2n) is 4.69. The zero-order chi connectivity index (χ0) is 14.8. The molecule has 0 bridgehead atoms. The molecule has 1 fully saturated rings. The zero-order valence-electron chi connectivity index (χ0n) is 10.8. The number of anilines is 1. The first kappa shape index (κ1) is 14.6. The number of hydrogen-bond acceptors (Lipinski definition) is 4. The van der Waals surface area contributed by atoms with Crippen LogP contribution in [0.5, 0.6) is 0 Å². The van der Waals surface area contributed by atoms with Gasteiger partial charge >= 0.3 is 6.18 Å². The summed E-state index contributed by atoms with van der Waals surface area (Å²) >= 11 is 0. The lowest BCUT2D eigenvalue weighted by Gasteiger charge is -2.35. The molecule has 0 radical (unpaired) electrons. The summed E-state index contributed by atoms with van der Waals surface area (Å²) in [7, 11) is 0. The number of halogens is 3. The van der Waals surface area contributed by atoms with Crippen molar-refractivity contribution in [3.63, 3.8) is 0 Å². The summed E-state index contributed by atoms with van der Waals surface area (Å²) in [5, 5.41) is 7.37. The highest BCUT2D eigenvalue weighted by Crippen LogP contribution is 2.19. The largest absolute Gasteiger partial charge is 0.401 e. The highest BCUT2D eigenvalue weighted by Gasteiger charge is 2.32. The van der Waals surface area contributed by atoms with Gasteiger partial charge in [-0.05, 0) is 12.1 Å². The minimum atomic E-state index is -4.16. The molecule has 0 amide bonds. The van der Waals surface area contributed by atoms with E-state index >= 15 is 0 Å². The first-order valence-corrected chi connectivity index (χ1v) is 6.20. The van der Waals surface area contributed by atoms with E-state index in [0.717, 1.165) is 0 Å². The van der Waals surface area contributed by atoms with Crippen molar-refractivity contribution >= 4 is 11.7 Å². The molecule has 0 atom stereocenters. The fourth-order valence-corrected chi connectivity index (χ4v) is 2.15. The minimum absolute atomic E-state index is 0.0515. The molecule has 1 aliphatic heterocycles. The van der Waals surface area contributed by atoms with E-state index in [0.29, 0.717) is 37.6 Å². The van der Waals surface area contributed by atoms with Gasteiger partial charge in [-0.25, -0.2) is 4.98 Å². The lowest BCUT2D eigenvalue weighted by atomic mass is 10.2. The summed E-state index contributed by atoms with van der Waals surface area (Å²) in [6.45, 7) is 0.758. The number of nitrogens with two attached hydrogens (primary N) is 1. The van der Waals surface area contributed by atoms with E-state index in [1.807, 2.05) is 4.90 Å². The molecule has 1 aromatic rings. The Labute approximate surface area is 114 Å². The van der Waals surface area contributed by atoms with Crippen molar-refractivity contribution in [1.29, 1.82) is 5.41 Å². The quantitative estimate of drug-likeness (QED) is 0.644. The van der Waals surface area contributed by atoms with Gasteiger partial charge in [0, 0.05) is 37.9 Å². The minimum Gasteiger partial charge on any atom is -0.384 e. The molecule has 0 aliphatic carbocycles. The average Bonchev–Trinajstić information content (AvgIpc) is 2.38. The lowest BCUT2D eigenvalue weighted by Crippen LogP contribution is -2.49. The molecule has 0 saturated carbocycles. The van der Waals surface area contributed by atoms with Crippen molar-refractivity contribution in [2.75, 3.05) is 37.6 Å². The molecule has 1 aliphatic rings. The number of rotatable bonds is 3. The highest BCUT2D eigenvalue weighted by molar-refractivity contribution is 5.95. The van der Waals surface area contributed by atoms with E-state index < -0.39 is 12.7 Å². The van der Waals surface area contributed by atoms with Crippen LogP contribution in [0.4, 0.5) is 19.0 Å². The van der Waals surface area contributed by atoms with Gasteiger partial charge in [0.1, 0.15) is 11.7 Å². The average molecular weight is 287 g/mol. The predicted molar refractivity (Wildman–Crippen MR) is 70.0 cm³/mol. The Morgan fingerprint density at radius 2 is 1.95 bits per heavy atom. The van der Waals surface area contributed by atoms with E-state index in [2.05, 4.69) is 4.98 Å². The van der Waals surface area contributed by atoms with Gasteiger partial charge in [-0.3, -0.25) is 10.3 Å². The zero-order valence-corrected chi connectivity index (χ0v) is 10.8. The first-order chi connectivity index (χ1) is 9.35. The maximum absolute atomic E-state index is 12.3. The molecule has 2 heterocycles. The summed E-state index contributed by atoms with van der Waals surface area (Å²) in [6, 6.07) is 3.31. The molecular weight excluding hydrogens is 271 g/mol. The first-order valence-electron chi connectivity index (χ1n) is 6.20. The molecule has 1 aromatic heterocycles. The topological polar surface area (TPSA) is 69.2 Å². The number of aromatic nitrogens is 1. The predicted octanol–water partition coefficient (Wildman–Crippen LogP) is 1.05. The van der Waals surface area contributed by atoms with Crippen molar-refractivity contribution in [1.82, 2.24) is 9.88 Å². The Bertz CT molecular complexity index is 480. The number of hydrogen-bond donors (Lipinski definition) is 2. The van der Waals surface area contributed by atoms with E-state index in [1.165, 1.54) is 4.90 Å². The summed E-state index contributed by atoms with van der Waals surface area (Å²) < 4.78 is 36.9. The Hall–Kier alpha value is -1.83. The van der Waals surface area contributed by atoms with Gasteiger partial charge in [0.05, 0.1) is 6.54 Å². The second kappa shape index (κ2) is 5.66. The van der Waals surface area contributed by atoms with E-state index in [9.17, 15) is 13.2 Å². The monoisotopic (exact) mass is 287 g/mol. The molecule has 5 nitrogen and oxygen atoms in total. The van der Waals surface area contributed by atoms with Crippen molar-refractivity contribution in [2.24, 2.45) is 5.73 Å². The SMILES string of the molecule is N=C(N)c1ccnc(N2CCN(CC(F)(F)F)CC2)c1. The van der Waals surface area contributed by atoms with Crippen molar-refractivity contribution in [3.8, 4) is 0 Å². The Morgan fingerprint density at radius 3 is 2.50 bits per heavy atom. The third-order valence-corrected chi connectivity index (χ3v) is 3.16. The van der Waals surface area contributed by atoms with Crippen molar-refractivity contribution in [2.45, 2.75) is 6.18 Å². The molecule has 0 aromatic carbocycles. The molecule has 0 unspecified atom stereocenters. The summed E-state index contributed by atoms with van der Waals surface area (Å²) in [5.74, 6) is 0.591. The van der Waals surface area contributed by atoms with Gasteiger partial charge in [-0.2, -0.15) is 13.2 Å². The van der Waals surface area contributed by atoms with Crippen LogP contribution < -0.4 is 10.6 Å². The Balaban J connectivity index is 1.97. The normalized spacial score (nSPS) is 17.2. The van der Waals surface area contributed by atoms with Gasteiger partial charge in [-0.1, -0.05) is 0 Å². The fraction of sp³-hybridized carbons (Fsp3) is 0.500. The number of nitrogens with zero attached hydrogens (tertiary/aromatic N) is 3. The molecule has 1 saturated heterocycles. The van der Waals surface area contributed by atoms with E-state index in [-0.39, 0.29) is 5.84 Å². The van der Waals surface area contributed by atoms with Crippen LogP contribution in [0.2, 0.25) is 0 Å². The molecule has 20 heavy (non-hydrogen) atoms.